The van der Waals surface area contributed by atoms with Crippen LogP contribution in [0, 0.1) is 5.92 Å². The molecule has 0 heterocycles. The van der Waals surface area contributed by atoms with Gasteiger partial charge in [-0.25, -0.2) is 0 Å². The summed E-state index contributed by atoms with van der Waals surface area (Å²) in [6.07, 6.45) is 8.86. The second kappa shape index (κ2) is 8.82. The van der Waals surface area contributed by atoms with Gasteiger partial charge in [-0.3, -0.25) is 4.79 Å². The van der Waals surface area contributed by atoms with E-state index in [-0.39, 0.29) is 0 Å². The summed E-state index contributed by atoms with van der Waals surface area (Å²) in [4.78, 5) is 11.7. The predicted molar refractivity (Wildman–Crippen MR) is 108 cm³/mol. The molecule has 0 aliphatic rings. The van der Waals surface area contributed by atoms with Gasteiger partial charge in [-0.05, 0) is 34.7 Å². The van der Waals surface area contributed by atoms with E-state index in [1.54, 1.807) is 0 Å². The molecule has 3 rings (SSSR count). The van der Waals surface area contributed by atoms with Crippen molar-refractivity contribution in [3.05, 3.63) is 102 Å². The lowest BCUT2D eigenvalue weighted by molar-refractivity contribution is -0.141. The molecule has 2 nitrogen and oxygen atoms in total. The van der Waals surface area contributed by atoms with Crippen molar-refractivity contribution in [3.63, 3.8) is 0 Å². The van der Waals surface area contributed by atoms with Crippen LogP contribution in [0.3, 0.4) is 0 Å². The van der Waals surface area contributed by atoms with Crippen molar-refractivity contribution in [2.45, 2.75) is 12.8 Å². The summed E-state index contributed by atoms with van der Waals surface area (Å²) in [5.41, 5.74) is 2.21. The quantitative estimate of drug-likeness (QED) is 0.556. The summed E-state index contributed by atoms with van der Waals surface area (Å²) in [6, 6.07) is 24.2. The van der Waals surface area contributed by atoms with Crippen LogP contribution in [0.25, 0.3) is 16.8 Å². The van der Waals surface area contributed by atoms with Gasteiger partial charge < -0.3 is 5.11 Å². The van der Waals surface area contributed by atoms with Crippen LogP contribution >= 0.6 is 0 Å². The van der Waals surface area contributed by atoms with Crippen molar-refractivity contribution in [2.75, 3.05) is 0 Å². The van der Waals surface area contributed by atoms with Crippen LogP contribution in [0.4, 0.5) is 0 Å². The average Bonchev–Trinajstić information content (AvgIpc) is 2.67. The fraction of sp³-hybridized carbons (Fsp3) is 0.125. The summed E-state index contributed by atoms with van der Waals surface area (Å²) in [5, 5.41) is 11.9. The Morgan fingerprint density at radius 2 is 1.62 bits per heavy atom. The third-order valence-corrected chi connectivity index (χ3v) is 4.45. The van der Waals surface area contributed by atoms with Gasteiger partial charge in [-0.2, -0.15) is 0 Å². The number of carbonyl (C=O) groups is 1. The number of fused-ring (bicyclic) bond motifs is 1. The number of carboxylic acids is 1. The fourth-order valence-corrected chi connectivity index (χ4v) is 3.06. The minimum atomic E-state index is -0.755. The Balaban J connectivity index is 1.67. The van der Waals surface area contributed by atoms with Gasteiger partial charge in [0.15, 0.2) is 0 Å². The predicted octanol–water partition coefficient (Wildman–Crippen LogP) is 5.74. The van der Waals surface area contributed by atoms with Gasteiger partial charge in [0.05, 0.1) is 5.92 Å². The van der Waals surface area contributed by atoms with E-state index in [9.17, 15) is 9.90 Å². The molecule has 0 bridgehead atoms. The molecule has 2 heteroatoms. The Morgan fingerprint density at radius 1 is 0.885 bits per heavy atom. The molecule has 0 saturated heterocycles. The van der Waals surface area contributed by atoms with Crippen LogP contribution in [0.1, 0.15) is 17.5 Å². The van der Waals surface area contributed by atoms with Crippen LogP contribution in [-0.2, 0) is 11.2 Å². The molecular formula is C24H22O2. The monoisotopic (exact) mass is 342 g/mol. The SMILES string of the molecule is O=C(O)C(C/C=C/C=C/c1ccccc1)Cc1cccc2ccccc12. The Labute approximate surface area is 154 Å². The molecular weight excluding hydrogens is 320 g/mol. The highest BCUT2D eigenvalue weighted by molar-refractivity contribution is 5.86. The maximum absolute atomic E-state index is 11.7. The molecule has 0 aliphatic heterocycles. The molecule has 0 fully saturated rings. The summed E-state index contributed by atoms with van der Waals surface area (Å²) in [7, 11) is 0. The van der Waals surface area contributed by atoms with Crippen molar-refractivity contribution in [1.29, 1.82) is 0 Å². The number of hydrogen-bond donors (Lipinski definition) is 1. The van der Waals surface area contributed by atoms with Crippen molar-refractivity contribution >= 4 is 22.8 Å². The molecule has 1 atom stereocenters. The normalized spacial score (nSPS) is 12.8. The minimum Gasteiger partial charge on any atom is -0.481 e. The first-order valence-corrected chi connectivity index (χ1v) is 8.82. The summed E-state index contributed by atoms with van der Waals surface area (Å²) in [6.45, 7) is 0. The number of rotatable bonds is 7. The van der Waals surface area contributed by atoms with Gasteiger partial charge in [-0.15, -0.1) is 0 Å². The Bertz CT molecular complexity index is 918. The maximum Gasteiger partial charge on any atom is 0.307 e. The Morgan fingerprint density at radius 3 is 2.42 bits per heavy atom. The van der Waals surface area contributed by atoms with Gasteiger partial charge in [0.25, 0.3) is 0 Å². The van der Waals surface area contributed by atoms with Crippen LogP contribution in [0.2, 0.25) is 0 Å². The summed E-state index contributed by atoms with van der Waals surface area (Å²) in [5.74, 6) is -1.18. The zero-order chi connectivity index (χ0) is 18.2. The minimum absolute atomic E-state index is 0.429. The van der Waals surface area contributed by atoms with E-state index in [0.717, 1.165) is 21.9 Å². The zero-order valence-electron chi connectivity index (χ0n) is 14.6. The molecule has 130 valence electrons. The van der Waals surface area contributed by atoms with E-state index in [1.165, 1.54) is 0 Å². The van der Waals surface area contributed by atoms with Crippen LogP contribution in [0.15, 0.2) is 91.0 Å². The average molecular weight is 342 g/mol. The zero-order valence-corrected chi connectivity index (χ0v) is 14.6. The smallest absolute Gasteiger partial charge is 0.307 e. The molecule has 0 aliphatic carbocycles. The first kappa shape index (κ1) is 17.7. The lowest BCUT2D eigenvalue weighted by atomic mass is 9.92. The van der Waals surface area contributed by atoms with E-state index in [1.807, 2.05) is 78.9 Å². The van der Waals surface area contributed by atoms with Gasteiger partial charge in [-0.1, -0.05) is 97.1 Å². The highest BCUT2D eigenvalue weighted by Gasteiger charge is 2.17. The standard InChI is InChI=1S/C24H22O2/c25-24(26)22(14-6-2-5-12-19-10-3-1-4-11-19)18-21-16-9-15-20-13-7-8-17-23(20)21/h1-13,15-17,22H,14,18H2,(H,25,26)/b6-2+,12-5+. The molecule has 0 saturated carbocycles. The molecule has 1 N–H and O–H groups in total. The van der Waals surface area contributed by atoms with E-state index in [0.29, 0.717) is 12.8 Å². The third-order valence-electron chi connectivity index (χ3n) is 4.45. The van der Waals surface area contributed by atoms with Gasteiger partial charge in [0, 0.05) is 0 Å². The van der Waals surface area contributed by atoms with Gasteiger partial charge in [0.1, 0.15) is 0 Å². The highest BCUT2D eigenvalue weighted by Crippen LogP contribution is 2.23. The van der Waals surface area contributed by atoms with E-state index in [4.69, 9.17) is 0 Å². The number of carboxylic acid groups (broad SMARTS) is 1. The fourth-order valence-electron chi connectivity index (χ4n) is 3.06. The Kier molecular flexibility index (Phi) is 6.00. The number of aliphatic carboxylic acids is 1. The van der Waals surface area contributed by atoms with E-state index in [2.05, 4.69) is 18.2 Å². The lowest BCUT2D eigenvalue weighted by Gasteiger charge is -2.12. The van der Waals surface area contributed by atoms with E-state index < -0.39 is 11.9 Å². The molecule has 0 amide bonds. The molecule has 3 aromatic rings. The Hall–Kier alpha value is -3.13. The lowest BCUT2D eigenvalue weighted by Crippen LogP contribution is -2.15. The molecule has 0 aromatic heterocycles. The molecule has 3 aromatic carbocycles. The second-order valence-corrected chi connectivity index (χ2v) is 6.31. The first-order valence-electron chi connectivity index (χ1n) is 8.82. The van der Waals surface area contributed by atoms with E-state index >= 15 is 0 Å². The van der Waals surface area contributed by atoms with Crippen molar-refractivity contribution < 1.29 is 9.90 Å². The van der Waals surface area contributed by atoms with Crippen molar-refractivity contribution in [2.24, 2.45) is 5.92 Å². The van der Waals surface area contributed by atoms with Gasteiger partial charge in [0.2, 0.25) is 0 Å². The summed E-state index contributed by atoms with van der Waals surface area (Å²) < 4.78 is 0. The molecule has 1 unspecified atom stereocenters. The molecule has 0 radical (unpaired) electrons. The summed E-state index contributed by atoms with van der Waals surface area (Å²) >= 11 is 0. The van der Waals surface area contributed by atoms with Crippen LogP contribution < -0.4 is 0 Å². The van der Waals surface area contributed by atoms with Crippen LogP contribution in [0.5, 0.6) is 0 Å². The highest BCUT2D eigenvalue weighted by atomic mass is 16.4. The third kappa shape index (κ3) is 4.70. The van der Waals surface area contributed by atoms with Crippen molar-refractivity contribution in [1.82, 2.24) is 0 Å². The maximum atomic E-state index is 11.7. The molecule has 0 spiro atoms. The molecule has 26 heavy (non-hydrogen) atoms. The first-order chi connectivity index (χ1) is 12.7. The number of allylic oxidation sites excluding steroid dienone is 3. The topological polar surface area (TPSA) is 37.3 Å². The van der Waals surface area contributed by atoms with Gasteiger partial charge >= 0.3 is 5.97 Å². The van der Waals surface area contributed by atoms with Crippen molar-refractivity contribution in [3.8, 4) is 0 Å². The number of benzene rings is 3. The second-order valence-electron chi connectivity index (χ2n) is 6.31. The van der Waals surface area contributed by atoms with Crippen LogP contribution in [-0.4, -0.2) is 11.1 Å². The number of hydrogen-bond acceptors (Lipinski definition) is 1. The largest absolute Gasteiger partial charge is 0.481 e.